The monoisotopic (exact) mass is 262 g/mol. The van der Waals surface area contributed by atoms with Crippen molar-refractivity contribution < 1.29 is 4.79 Å². The van der Waals surface area contributed by atoms with Crippen LogP contribution in [-0.2, 0) is 4.79 Å². The van der Waals surface area contributed by atoms with Crippen molar-refractivity contribution in [2.24, 2.45) is 0 Å². The van der Waals surface area contributed by atoms with Crippen LogP contribution in [0.3, 0.4) is 0 Å². The van der Waals surface area contributed by atoms with Gasteiger partial charge in [-0.05, 0) is 45.2 Å². The van der Waals surface area contributed by atoms with Crippen LogP contribution in [0.1, 0.15) is 49.9 Å². The van der Waals surface area contributed by atoms with Gasteiger partial charge in [-0.25, -0.2) is 0 Å². The van der Waals surface area contributed by atoms with Gasteiger partial charge in [0, 0.05) is 6.04 Å². The van der Waals surface area contributed by atoms with E-state index in [9.17, 15) is 4.79 Å². The molecule has 3 nitrogen and oxygen atoms in total. The van der Waals surface area contributed by atoms with Gasteiger partial charge in [0.25, 0.3) is 0 Å². The third-order valence-corrected chi connectivity index (χ3v) is 3.49. The maximum Gasteiger partial charge on any atom is 0.234 e. The smallest absolute Gasteiger partial charge is 0.234 e. The number of amides is 1. The summed E-state index contributed by atoms with van der Waals surface area (Å²) in [5, 5.41) is 6.24. The molecule has 1 aromatic carbocycles. The van der Waals surface area contributed by atoms with E-state index in [-0.39, 0.29) is 11.9 Å². The summed E-state index contributed by atoms with van der Waals surface area (Å²) < 4.78 is 0. The van der Waals surface area contributed by atoms with E-state index < -0.39 is 0 Å². The van der Waals surface area contributed by atoms with Crippen LogP contribution in [0.5, 0.6) is 0 Å². The zero-order valence-corrected chi connectivity index (χ0v) is 12.7. The molecular formula is C16H26N2O. The molecule has 2 atom stereocenters. The maximum atomic E-state index is 11.9. The fourth-order valence-electron chi connectivity index (χ4n) is 2.09. The minimum absolute atomic E-state index is 0.0480. The van der Waals surface area contributed by atoms with E-state index in [1.165, 1.54) is 16.7 Å². The summed E-state index contributed by atoms with van der Waals surface area (Å²) in [5.74, 6) is 0.0489. The van der Waals surface area contributed by atoms with Crippen LogP contribution in [0.25, 0.3) is 0 Å². The Morgan fingerprint density at radius 3 is 2.53 bits per heavy atom. The summed E-state index contributed by atoms with van der Waals surface area (Å²) in [7, 11) is 0. The summed E-state index contributed by atoms with van der Waals surface area (Å²) in [6.45, 7) is 10.8. The highest BCUT2D eigenvalue weighted by molar-refractivity contribution is 5.78. The Bertz CT molecular complexity index is 429. The van der Waals surface area contributed by atoms with Crippen molar-refractivity contribution in [1.82, 2.24) is 10.6 Å². The van der Waals surface area contributed by atoms with Gasteiger partial charge in [0.2, 0.25) is 5.91 Å². The van der Waals surface area contributed by atoms with Gasteiger partial charge < -0.3 is 10.6 Å². The Morgan fingerprint density at radius 1 is 1.26 bits per heavy atom. The fourth-order valence-corrected chi connectivity index (χ4v) is 2.09. The third-order valence-electron chi connectivity index (χ3n) is 3.49. The molecule has 0 heterocycles. The van der Waals surface area contributed by atoms with Crippen molar-refractivity contribution in [2.75, 3.05) is 6.54 Å². The maximum absolute atomic E-state index is 11.9. The summed E-state index contributed by atoms with van der Waals surface area (Å²) in [6, 6.07) is 6.75. The Hall–Kier alpha value is -1.35. The topological polar surface area (TPSA) is 41.1 Å². The molecule has 0 aliphatic carbocycles. The van der Waals surface area contributed by atoms with Crippen molar-refractivity contribution in [1.29, 1.82) is 0 Å². The Balaban J connectivity index is 2.54. The van der Waals surface area contributed by atoms with E-state index >= 15 is 0 Å². The van der Waals surface area contributed by atoms with Gasteiger partial charge in [-0.15, -0.1) is 0 Å². The lowest BCUT2D eigenvalue weighted by molar-refractivity contribution is -0.121. The van der Waals surface area contributed by atoms with E-state index in [1.54, 1.807) is 0 Å². The second-order valence-electron chi connectivity index (χ2n) is 5.34. The molecule has 0 saturated carbocycles. The predicted octanol–water partition coefficient (Wildman–Crippen LogP) is 2.87. The van der Waals surface area contributed by atoms with E-state index in [0.29, 0.717) is 12.6 Å². The van der Waals surface area contributed by atoms with E-state index in [1.807, 2.05) is 6.92 Å². The average Bonchev–Trinajstić information content (AvgIpc) is 2.35. The lowest BCUT2D eigenvalue weighted by atomic mass is 10.0. The molecule has 0 fully saturated rings. The first-order chi connectivity index (χ1) is 8.93. The second kappa shape index (κ2) is 7.29. The quantitative estimate of drug-likeness (QED) is 0.827. The predicted molar refractivity (Wildman–Crippen MR) is 80.2 cm³/mol. The number of hydrogen-bond donors (Lipinski definition) is 2. The number of nitrogens with one attached hydrogen (secondary N) is 2. The molecule has 0 aliphatic rings. The van der Waals surface area contributed by atoms with Gasteiger partial charge in [-0.3, -0.25) is 4.79 Å². The first kappa shape index (κ1) is 15.7. The van der Waals surface area contributed by atoms with Crippen LogP contribution in [0.4, 0.5) is 0 Å². The summed E-state index contributed by atoms with van der Waals surface area (Å²) in [4.78, 5) is 11.9. The van der Waals surface area contributed by atoms with Gasteiger partial charge in [0.05, 0.1) is 12.6 Å². The first-order valence-corrected chi connectivity index (χ1v) is 7.04. The molecule has 2 unspecified atom stereocenters. The molecule has 0 aliphatic heterocycles. The van der Waals surface area contributed by atoms with Gasteiger partial charge in [-0.1, -0.05) is 30.7 Å². The van der Waals surface area contributed by atoms with Crippen LogP contribution < -0.4 is 10.6 Å². The van der Waals surface area contributed by atoms with Crippen molar-refractivity contribution in [3.63, 3.8) is 0 Å². The van der Waals surface area contributed by atoms with E-state index in [0.717, 1.165) is 6.42 Å². The van der Waals surface area contributed by atoms with Crippen LogP contribution in [0.15, 0.2) is 18.2 Å². The molecule has 0 radical (unpaired) electrons. The molecule has 0 saturated heterocycles. The van der Waals surface area contributed by atoms with Gasteiger partial charge in [0.15, 0.2) is 0 Å². The Labute approximate surface area is 116 Å². The van der Waals surface area contributed by atoms with Gasteiger partial charge in [-0.2, -0.15) is 0 Å². The molecule has 106 valence electrons. The van der Waals surface area contributed by atoms with E-state index in [4.69, 9.17) is 0 Å². The molecule has 3 heteroatoms. The van der Waals surface area contributed by atoms with Crippen LogP contribution >= 0.6 is 0 Å². The van der Waals surface area contributed by atoms with Crippen LogP contribution in [0, 0.1) is 13.8 Å². The van der Waals surface area contributed by atoms with Crippen LogP contribution in [0.2, 0.25) is 0 Å². The Morgan fingerprint density at radius 2 is 1.95 bits per heavy atom. The second-order valence-corrected chi connectivity index (χ2v) is 5.34. The minimum Gasteiger partial charge on any atom is -0.348 e. The number of carbonyl (C=O) groups is 1. The highest BCUT2D eigenvalue weighted by atomic mass is 16.1. The van der Waals surface area contributed by atoms with Gasteiger partial charge >= 0.3 is 0 Å². The molecule has 1 amide bonds. The molecule has 1 rings (SSSR count). The average molecular weight is 262 g/mol. The molecular weight excluding hydrogens is 236 g/mol. The Kier molecular flexibility index (Phi) is 6.03. The molecule has 19 heavy (non-hydrogen) atoms. The normalized spacial score (nSPS) is 13.9. The van der Waals surface area contributed by atoms with Crippen molar-refractivity contribution in [2.45, 2.75) is 53.1 Å². The highest BCUT2D eigenvalue weighted by Crippen LogP contribution is 2.18. The zero-order chi connectivity index (χ0) is 14.4. The number of carbonyl (C=O) groups excluding carboxylic acids is 1. The largest absolute Gasteiger partial charge is 0.348 e. The number of hydrogen-bond acceptors (Lipinski definition) is 2. The fraction of sp³-hybridized carbons (Fsp3) is 0.562. The molecule has 0 spiro atoms. The molecule has 0 bridgehead atoms. The van der Waals surface area contributed by atoms with Crippen LogP contribution in [-0.4, -0.2) is 18.5 Å². The summed E-state index contributed by atoms with van der Waals surface area (Å²) in [5.41, 5.74) is 3.66. The SMILES string of the molecule is CCC(C)NCC(=O)NC(C)c1ccc(C)cc1C. The number of aryl methyl sites for hydroxylation is 2. The van der Waals surface area contributed by atoms with E-state index in [2.05, 4.69) is 56.5 Å². The first-order valence-electron chi connectivity index (χ1n) is 7.04. The van der Waals surface area contributed by atoms with Crippen molar-refractivity contribution in [3.05, 3.63) is 34.9 Å². The number of benzene rings is 1. The lowest BCUT2D eigenvalue weighted by Crippen LogP contribution is -2.38. The number of rotatable bonds is 6. The van der Waals surface area contributed by atoms with Crippen molar-refractivity contribution >= 4 is 5.91 Å². The van der Waals surface area contributed by atoms with Gasteiger partial charge in [0.1, 0.15) is 0 Å². The molecule has 1 aromatic rings. The molecule has 2 N–H and O–H groups in total. The third kappa shape index (κ3) is 5.03. The standard InChI is InChI=1S/C16H26N2O/c1-6-13(4)17-10-16(19)18-14(5)15-8-7-11(2)9-12(15)3/h7-9,13-14,17H,6,10H2,1-5H3,(H,18,19). The zero-order valence-electron chi connectivity index (χ0n) is 12.7. The minimum atomic E-state index is 0.0480. The lowest BCUT2D eigenvalue weighted by Gasteiger charge is -2.18. The molecule has 0 aromatic heterocycles. The highest BCUT2D eigenvalue weighted by Gasteiger charge is 2.12. The summed E-state index contributed by atoms with van der Waals surface area (Å²) >= 11 is 0. The van der Waals surface area contributed by atoms with Crippen molar-refractivity contribution in [3.8, 4) is 0 Å². The summed E-state index contributed by atoms with van der Waals surface area (Å²) in [6.07, 6.45) is 1.03.